The van der Waals surface area contributed by atoms with Crippen LogP contribution in [0, 0.1) is 12.8 Å². The van der Waals surface area contributed by atoms with Crippen molar-refractivity contribution in [2.24, 2.45) is 5.92 Å². The second-order valence-corrected chi connectivity index (χ2v) is 29.3. The molecule has 0 spiro atoms. The maximum atomic E-state index is 12.8. The average Bonchev–Trinajstić information content (AvgIpc) is 3.50. The lowest BCUT2D eigenvalue weighted by Gasteiger charge is -2.28. The molecule has 0 saturated heterocycles. The summed E-state index contributed by atoms with van der Waals surface area (Å²) in [5.41, 5.74) is 0. The summed E-state index contributed by atoms with van der Waals surface area (Å²) in [5, 5.41) is 17.7. The maximum absolute atomic E-state index is 12.8. The van der Waals surface area contributed by atoms with Crippen LogP contribution in [0.25, 0.3) is 0 Å². The third-order valence-electron chi connectivity index (χ3n) is 19.9. The first-order valence-electron chi connectivity index (χ1n) is 42.1. The number of unbranched alkanes of at least 4 members (excludes halogenated alkanes) is 38. The van der Waals surface area contributed by atoms with E-state index >= 15 is 0 Å². The number of aromatic nitrogens is 2. The number of rotatable bonds is 71. The smallest absolute Gasteiger partial charge is 0.306 e. The maximum Gasteiger partial charge on any atom is 0.306 e. The number of nitrogens with zero attached hydrogens (tertiary/aromatic N) is 4. The van der Waals surface area contributed by atoms with E-state index < -0.39 is 0 Å². The zero-order valence-electron chi connectivity index (χ0n) is 64.7. The highest BCUT2D eigenvalue weighted by molar-refractivity contribution is 5.70. The van der Waals surface area contributed by atoms with Gasteiger partial charge in [0.05, 0.1) is 19.8 Å². The van der Waals surface area contributed by atoms with Crippen molar-refractivity contribution in [3.63, 3.8) is 0 Å². The van der Waals surface area contributed by atoms with Gasteiger partial charge in [-0.1, -0.05) is 266 Å². The summed E-state index contributed by atoms with van der Waals surface area (Å²) >= 11 is 0. The molecule has 2 rings (SSSR count). The van der Waals surface area contributed by atoms with Crippen LogP contribution in [0.4, 0.5) is 0 Å². The predicted molar refractivity (Wildman–Crippen MR) is 404 cm³/mol. The third kappa shape index (κ3) is 62.4. The summed E-state index contributed by atoms with van der Waals surface area (Å²) in [4.78, 5) is 54.0. The van der Waals surface area contributed by atoms with Crippen LogP contribution in [-0.2, 0) is 44.5 Å². The van der Waals surface area contributed by atoms with Gasteiger partial charge in [-0.15, -0.1) is 10.2 Å². The van der Waals surface area contributed by atoms with Gasteiger partial charge in [0, 0.05) is 52.1 Å². The summed E-state index contributed by atoms with van der Waals surface area (Å²) in [6, 6.07) is 0. The minimum atomic E-state index is -0.0383. The lowest BCUT2D eigenvalue weighted by molar-refractivity contribution is -0.151. The molecule has 0 aromatic carbocycles. The Morgan fingerprint density at radius 1 is 0.402 bits per heavy atom. The number of ether oxygens (including phenoxy) is 4. The van der Waals surface area contributed by atoms with Crippen LogP contribution >= 0.6 is 0 Å². The molecule has 1 N–H and O–H groups in total. The molecular weight excluding hydrogens is 1210 g/mol. The molecule has 1 heterocycles. The fourth-order valence-corrected chi connectivity index (χ4v) is 13.6. The van der Waals surface area contributed by atoms with Crippen molar-refractivity contribution in [1.82, 2.24) is 20.0 Å². The summed E-state index contributed by atoms with van der Waals surface area (Å²) in [5.74, 6) is 2.12. The van der Waals surface area contributed by atoms with Crippen molar-refractivity contribution in [3.8, 4) is 0 Å². The molecule has 1 saturated carbocycles. The van der Waals surface area contributed by atoms with Gasteiger partial charge in [0.25, 0.3) is 0 Å². The largest absolute Gasteiger partial charge is 0.466 e. The van der Waals surface area contributed by atoms with E-state index in [-0.39, 0.29) is 42.7 Å². The van der Waals surface area contributed by atoms with Crippen molar-refractivity contribution in [2.45, 2.75) is 433 Å². The van der Waals surface area contributed by atoms with Crippen LogP contribution in [0.3, 0.4) is 0 Å². The Balaban J connectivity index is 0.00000101. The topological polar surface area (TPSA) is 171 Å². The summed E-state index contributed by atoms with van der Waals surface area (Å²) in [6.45, 7) is 20.2. The van der Waals surface area contributed by atoms with Gasteiger partial charge in [0.2, 0.25) is 11.8 Å². The Morgan fingerprint density at radius 2 is 0.753 bits per heavy atom. The van der Waals surface area contributed by atoms with Crippen molar-refractivity contribution < 1.29 is 47.6 Å². The zero-order valence-corrected chi connectivity index (χ0v) is 64.7. The highest BCUT2D eigenvalue weighted by Crippen LogP contribution is 2.30. The van der Waals surface area contributed by atoms with E-state index in [1.807, 2.05) is 6.92 Å². The molecule has 0 amide bonds. The Bertz CT molecular complexity index is 1840. The molecule has 0 atom stereocenters. The quantitative estimate of drug-likeness (QED) is 0.0371. The van der Waals surface area contributed by atoms with Crippen molar-refractivity contribution in [2.75, 3.05) is 59.1 Å². The molecule has 0 bridgehead atoms. The van der Waals surface area contributed by atoms with Gasteiger partial charge in [0.1, 0.15) is 12.2 Å². The number of esters is 4. The van der Waals surface area contributed by atoms with E-state index in [1.54, 1.807) is 0 Å². The van der Waals surface area contributed by atoms with Crippen LogP contribution in [0.2, 0.25) is 0 Å². The minimum Gasteiger partial charge on any atom is -0.466 e. The molecule has 1 aromatic rings. The average molecular weight is 1370 g/mol. The SMILES string of the molecule is CCCCCCCCCOC(=O)CCCCCCCN(CCCCCCCC(=O)OC(CCCCCCCC)CCCCCCCC)CCc1nnc(C)o1.CCCCCCCCCOC(=O)CCCCCCCN(CCO)CCCCCC(=O)OC1CCC(CCCCC)CC1. The van der Waals surface area contributed by atoms with Gasteiger partial charge in [-0.3, -0.25) is 19.2 Å². The van der Waals surface area contributed by atoms with Gasteiger partial charge in [-0.2, -0.15) is 0 Å². The predicted octanol–water partition coefficient (Wildman–Crippen LogP) is 22.8. The molecule has 97 heavy (non-hydrogen) atoms. The van der Waals surface area contributed by atoms with Crippen molar-refractivity contribution in [1.29, 1.82) is 0 Å². The molecule has 14 nitrogen and oxygen atoms in total. The van der Waals surface area contributed by atoms with Crippen LogP contribution in [0.5, 0.6) is 0 Å². The fourth-order valence-electron chi connectivity index (χ4n) is 13.6. The van der Waals surface area contributed by atoms with E-state index in [2.05, 4.69) is 54.6 Å². The minimum absolute atomic E-state index is 0.0157. The second kappa shape index (κ2) is 71.3. The van der Waals surface area contributed by atoms with Crippen molar-refractivity contribution >= 4 is 23.9 Å². The second-order valence-electron chi connectivity index (χ2n) is 29.3. The number of carbonyl (C=O) groups excluding carboxylic acids is 4. The normalized spacial score (nSPS) is 14.0. The van der Waals surface area contributed by atoms with Gasteiger partial charge < -0.3 is 38.3 Å². The third-order valence-corrected chi connectivity index (χ3v) is 19.9. The molecule has 570 valence electrons. The number of aryl methyl sites for hydroxylation is 1. The van der Waals surface area contributed by atoms with Crippen LogP contribution < -0.4 is 0 Å². The van der Waals surface area contributed by atoms with Gasteiger partial charge in [-0.25, -0.2) is 0 Å². The van der Waals surface area contributed by atoms with E-state index in [4.69, 9.17) is 23.4 Å². The molecule has 14 heteroatoms. The molecule has 0 unspecified atom stereocenters. The van der Waals surface area contributed by atoms with Crippen LogP contribution in [-0.4, -0.2) is 120 Å². The lowest BCUT2D eigenvalue weighted by Crippen LogP contribution is -2.29. The summed E-state index contributed by atoms with van der Waals surface area (Å²) in [6.07, 6.45) is 67.2. The first-order valence-corrected chi connectivity index (χ1v) is 42.1. The van der Waals surface area contributed by atoms with Crippen LogP contribution in [0.1, 0.15) is 419 Å². The van der Waals surface area contributed by atoms with E-state index in [1.165, 1.54) is 205 Å². The standard InChI is InChI=1S/C47H89N3O5.C36H69NO5/c1-5-8-11-14-17-26-33-42-53-46(51)36-29-22-18-24-31-39-50(41-38-45-49-48-43(4)54-45)40-32-25-19-23-30-37-47(52)55-44(34-27-20-15-12-9-6-2)35-28-21-16-13-10-7-3;1-3-5-7-8-9-13-20-32-41-35(39)22-16-11-10-12-18-28-37(30-31-38)29-19-14-17-23-36(40)42-34-26-24-33(25-27-34)21-15-6-4-2/h44H,5-42H2,1-4H3;33-34,38H,3-32H2,1-2H3. The first-order chi connectivity index (χ1) is 47.6. The number of aliphatic hydroxyl groups excluding tert-OH is 1. The van der Waals surface area contributed by atoms with Gasteiger partial charge in [-0.05, 0) is 148 Å². The Labute approximate surface area is 598 Å². The highest BCUT2D eigenvalue weighted by Gasteiger charge is 2.24. The number of aliphatic hydroxyl groups is 1. The fraction of sp³-hybridized carbons (Fsp3) is 0.928. The molecule has 1 aliphatic carbocycles. The van der Waals surface area contributed by atoms with Gasteiger partial charge in [0.15, 0.2) is 0 Å². The van der Waals surface area contributed by atoms with Gasteiger partial charge >= 0.3 is 23.9 Å². The van der Waals surface area contributed by atoms with E-state index in [0.717, 1.165) is 192 Å². The highest BCUT2D eigenvalue weighted by atomic mass is 16.6. The Hall–Kier alpha value is -3.10. The molecule has 0 radical (unpaired) electrons. The summed E-state index contributed by atoms with van der Waals surface area (Å²) < 4.78 is 28.3. The molecular formula is C83H158N4O10. The lowest BCUT2D eigenvalue weighted by atomic mass is 9.84. The monoisotopic (exact) mass is 1370 g/mol. The summed E-state index contributed by atoms with van der Waals surface area (Å²) in [7, 11) is 0. The zero-order chi connectivity index (χ0) is 70.4. The van der Waals surface area contributed by atoms with E-state index in [9.17, 15) is 24.3 Å². The molecule has 1 fully saturated rings. The first kappa shape index (κ1) is 91.9. The number of hydrogen-bond acceptors (Lipinski definition) is 14. The van der Waals surface area contributed by atoms with Crippen molar-refractivity contribution in [3.05, 3.63) is 11.8 Å². The molecule has 1 aliphatic rings. The van der Waals surface area contributed by atoms with Crippen LogP contribution in [0.15, 0.2) is 4.42 Å². The van der Waals surface area contributed by atoms with E-state index in [0.29, 0.717) is 51.3 Å². The molecule has 0 aliphatic heterocycles. The Kier molecular flexibility index (Phi) is 67.6. The Morgan fingerprint density at radius 3 is 1.16 bits per heavy atom. The molecule has 1 aromatic heterocycles. The number of carbonyl (C=O) groups is 4. The number of hydrogen-bond donors (Lipinski definition) is 1.